The fraction of sp³-hybridized carbons (Fsp3) is 0.333. The summed E-state index contributed by atoms with van der Waals surface area (Å²) in [7, 11) is 2.89. The van der Waals surface area contributed by atoms with E-state index in [1.54, 1.807) is 0 Å². The van der Waals surface area contributed by atoms with Gasteiger partial charge in [-0.1, -0.05) is 4.99 Å². The molecule has 7 heteroatoms. The second-order valence-electron chi connectivity index (χ2n) is 3.35. The van der Waals surface area contributed by atoms with E-state index in [9.17, 15) is 9.59 Å². The first-order valence-corrected chi connectivity index (χ1v) is 4.52. The first kappa shape index (κ1) is 10.2. The van der Waals surface area contributed by atoms with E-state index in [1.807, 2.05) is 6.07 Å². The fourth-order valence-corrected chi connectivity index (χ4v) is 1.47. The number of nitrogens with zero attached hydrogens (tertiary/aromatic N) is 5. The predicted octanol–water partition coefficient (Wildman–Crippen LogP) is -0.614. The van der Waals surface area contributed by atoms with Crippen molar-refractivity contribution in [1.29, 1.82) is 5.26 Å². The van der Waals surface area contributed by atoms with Crippen LogP contribution in [0.25, 0.3) is 0 Å². The van der Waals surface area contributed by atoms with Gasteiger partial charge in [-0.05, 0) is 0 Å². The Morgan fingerprint density at radius 3 is 2.75 bits per heavy atom. The third kappa shape index (κ3) is 1.24. The van der Waals surface area contributed by atoms with Crippen LogP contribution in [0.4, 0.5) is 4.79 Å². The SMILES string of the molecule is CN1C(=O)C2=NC(CC#N)=NC2=[N+](C)C1=O. The van der Waals surface area contributed by atoms with Gasteiger partial charge in [-0.15, -0.1) is 0 Å². The van der Waals surface area contributed by atoms with Crippen LogP contribution in [0.1, 0.15) is 6.42 Å². The number of imide groups is 1. The Balaban J connectivity index is 2.54. The van der Waals surface area contributed by atoms with E-state index in [0.29, 0.717) is 0 Å². The lowest BCUT2D eigenvalue weighted by Gasteiger charge is -2.15. The first-order chi connectivity index (χ1) is 7.56. The van der Waals surface area contributed by atoms with Gasteiger partial charge >= 0.3 is 17.8 Å². The lowest BCUT2D eigenvalue weighted by atomic mass is 10.2. The summed E-state index contributed by atoms with van der Waals surface area (Å²) in [5.74, 6) is -0.0102. The molecule has 3 amide bonds. The van der Waals surface area contributed by atoms with Gasteiger partial charge < -0.3 is 0 Å². The van der Waals surface area contributed by atoms with Gasteiger partial charge in [0, 0.05) is 0 Å². The Bertz CT molecular complexity index is 535. The third-order valence-corrected chi connectivity index (χ3v) is 2.32. The summed E-state index contributed by atoms with van der Waals surface area (Å²) >= 11 is 0. The molecule has 0 spiro atoms. The molecular weight excluding hydrogens is 210 g/mol. The molecule has 0 atom stereocenters. The molecule has 0 fully saturated rings. The van der Waals surface area contributed by atoms with Crippen molar-refractivity contribution >= 4 is 29.3 Å². The van der Waals surface area contributed by atoms with Crippen LogP contribution in [0.15, 0.2) is 9.98 Å². The minimum Gasteiger partial charge on any atom is -0.248 e. The second-order valence-corrected chi connectivity index (χ2v) is 3.35. The van der Waals surface area contributed by atoms with E-state index >= 15 is 0 Å². The molecule has 7 nitrogen and oxygen atoms in total. The number of carbonyl (C=O) groups excluding carboxylic acids is 2. The van der Waals surface area contributed by atoms with E-state index in [-0.39, 0.29) is 23.8 Å². The number of fused-ring (bicyclic) bond motifs is 1. The molecule has 0 unspecified atom stereocenters. The first-order valence-electron chi connectivity index (χ1n) is 4.52. The molecule has 0 saturated heterocycles. The van der Waals surface area contributed by atoms with Gasteiger partial charge in [-0.3, -0.25) is 0 Å². The van der Waals surface area contributed by atoms with Crippen LogP contribution < -0.4 is 0 Å². The van der Waals surface area contributed by atoms with Gasteiger partial charge in [-0.2, -0.15) is 14.7 Å². The molecule has 0 bridgehead atoms. The van der Waals surface area contributed by atoms with Crippen LogP contribution in [0.5, 0.6) is 0 Å². The second kappa shape index (κ2) is 3.34. The zero-order valence-corrected chi connectivity index (χ0v) is 8.76. The molecule has 0 aromatic rings. The van der Waals surface area contributed by atoms with Crippen LogP contribution >= 0.6 is 0 Å². The number of hydrogen-bond donors (Lipinski definition) is 0. The molecule has 0 aliphatic carbocycles. The minimum absolute atomic E-state index is 0.0199. The molecule has 2 aliphatic heterocycles. The Kier molecular flexibility index (Phi) is 2.12. The number of carbonyl (C=O) groups is 2. The molecule has 0 radical (unpaired) electrons. The van der Waals surface area contributed by atoms with Crippen molar-refractivity contribution in [2.45, 2.75) is 6.42 Å². The van der Waals surface area contributed by atoms with E-state index in [2.05, 4.69) is 9.98 Å². The fourth-order valence-electron chi connectivity index (χ4n) is 1.47. The summed E-state index contributed by atoms with van der Waals surface area (Å²) in [6.45, 7) is 0. The monoisotopic (exact) mass is 218 g/mol. The van der Waals surface area contributed by atoms with Gasteiger partial charge in [0.2, 0.25) is 11.5 Å². The minimum atomic E-state index is -0.491. The van der Waals surface area contributed by atoms with Gasteiger partial charge in [0.05, 0.1) is 20.2 Å². The Morgan fingerprint density at radius 2 is 2.12 bits per heavy atom. The van der Waals surface area contributed by atoms with Crippen molar-refractivity contribution in [2.24, 2.45) is 9.98 Å². The van der Waals surface area contributed by atoms with Crippen LogP contribution in [0.3, 0.4) is 0 Å². The number of aliphatic imine (C=N–C) groups is 2. The molecule has 16 heavy (non-hydrogen) atoms. The highest BCUT2D eigenvalue weighted by Gasteiger charge is 2.44. The predicted molar refractivity (Wildman–Crippen MR) is 54.5 cm³/mol. The average Bonchev–Trinajstić information content (AvgIpc) is 2.68. The third-order valence-electron chi connectivity index (χ3n) is 2.32. The number of amidine groups is 2. The average molecular weight is 218 g/mol. The summed E-state index contributed by atoms with van der Waals surface area (Å²) in [5.41, 5.74) is 0.120. The molecule has 2 rings (SSSR count). The zero-order valence-electron chi connectivity index (χ0n) is 8.76. The van der Waals surface area contributed by atoms with Gasteiger partial charge in [0.25, 0.3) is 0 Å². The van der Waals surface area contributed by atoms with Crippen LogP contribution in [0, 0.1) is 11.3 Å². The van der Waals surface area contributed by atoms with Gasteiger partial charge in [0.15, 0.2) is 0 Å². The normalized spacial score (nSPS) is 19.4. The van der Waals surface area contributed by atoms with Crippen molar-refractivity contribution in [3.8, 4) is 6.07 Å². The van der Waals surface area contributed by atoms with E-state index in [1.165, 1.54) is 18.7 Å². The maximum atomic E-state index is 11.7. The number of rotatable bonds is 1. The summed E-state index contributed by atoms with van der Waals surface area (Å²) in [6, 6.07) is 1.43. The lowest BCUT2D eigenvalue weighted by molar-refractivity contribution is -0.401. The Hall–Kier alpha value is -2.36. The maximum absolute atomic E-state index is 11.7. The Morgan fingerprint density at radius 1 is 1.44 bits per heavy atom. The molecule has 80 valence electrons. The standard InChI is InChI=1S/C9H8N5O2/c1-13-7-6(8(15)14(2)9(13)16)11-5(12-7)3-4-10/h3H2,1-2H3/q+1. The van der Waals surface area contributed by atoms with Crippen molar-refractivity contribution in [3.05, 3.63) is 0 Å². The molecule has 0 N–H and O–H groups in total. The van der Waals surface area contributed by atoms with Crippen molar-refractivity contribution < 1.29 is 14.2 Å². The Labute approximate surface area is 91.0 Å². The highest BCUT2D eigenvalue weighted by Crippen LogP contribution is 2.10. The molecule has 0 aromatic heterocycles. The van der Waals surface area contributed by atoms with E-state index in [0.717, 1.165) is 4.90 Å². The molecule has 2 heterocycles. The highest BCUT2D eigenvalue weighted by atomic mass is 16.2. The van der Waals surface area contributed by atoms with E-state index < -0.39 is 11.9 Å². The molecule has 0 saturated carbocycles. The van der Waals surface area contributed by atoms with Crippen LogP contribution in [0.2, 0.25) is 0 Å². The smallest absolute Gasteiger partial charge is 0.248 e. The van der Waals surface area contributed by atoms with Crippen molar-refractivity contribution in [2.75, 3.05) is 14.1 Å². The van der Waals surface area contributed by atoms with Gasteiger partial charge in [0.1, 0.15) is 6.42 Å². The lowest BCUT2D eigenvalue weighted by Crippen LogP contribution is -2.51. The summed E-state index contributed by atoms with van der Waals surface area (Å²) in [6.07, 6.45) is 0.0199. The summed E-state index contributed by atoms with van der Waals surface area (Å²) in [5, 5.41) is 8.51. The maximum Gasteiger partial charge on any atom is 0.446 e. The number of hydrogen-bond acceptors (Lipinski definition) is 5. The number of amides is 3. The zero-order chi connectivity index (χ0) is 11.9. The van der Waals surface area contributed by atoms with Gasteiger partial charge in [-0.25, -0.2) is 14.6 Å². The topological polar surface area (TPSA) is 88.9 Å². The van der Waals surface area contributed by atoms with Crippen LogP contribution in [-0.2, 0) is 4.79 Å². The quantitative estimate of drug-likeness (QED) is 0.549. The largest absolute Gasteiger partial charge is 0.446 e. The molecule has 0 aromatic carbocycles. The molecular formula is C9H8N5O2+. The number of nitriles is 1. The van der Waals surface area contributed by atoms with Crippen LogP contribution in [-0.4, -0.2) is 52.9 Å². The summed E-state index contributed by atoms with van der Waals surface area (Å²) < 4.78 is 1.24. The highest BCUT2D eigenvalue weighted by molar-refractivity contribution is 6.70. The van der Waals surface area contributed by atoms with Crippen molar-refractivity contribution in [3.63, 3.8) is 0 Å². The van der Waals surface area contributed by atoms with Crippen molar-refractivity contribution in [1.82, 2.24) is 4.90 Å². The van der Waals surface area contributed by atoms with E-state index in [4.69, 9.17) is 5.26 Å². The molecule has 2 aliphatic rings. The summed E-state index contributed by atoms with van der Waals surface area (Å²) in [4.78, 5) is 32.1. The number of urea groups is 1.